The predicted molar refractivity (Wildman–Crippen MR) is 94.4 cm³/mol. The Kier molecular flexibility index (Phi) is 4.08. The number of para-hydroxylation sites is 1. The number of carbonyl (C=O) groups excluding carboxylic acids is 1. The summed E-state index contributed by atoms with van der Waals surface area (Å²) in [6.07, 6.45) is 1.78. The van der Waals surface area contributed by atoms with E-state index < -0.39 is 5.92 Å². The number of ether oxygens (including phenoxy) is 3. The molecule has 1 N–H and O–H groups in total. The van der Waals surface area contributed by atoms with Crippen molar-refractivity contribution >= 4 is 16.9 Å². The number of hydrogen-bond acceptors (Lipinski definition) is 6. The van der Waals surface area contributed by atoms with Gasteiger partial charge in [-0.15, -0.1) is 0 Å². The summed E-state index contributed by atoms with van der Waals surface area (Å²) in [6.45, 7) is 0.109. The highest BCUT2D eigenvalue weighted by atomic mass is 16.7. The molecule has 6 heteroatoms. The Labute approximate surface area is 150 Å². The van der Waals surface area contributed by atoms with Crippen LogP contribution in [0.3, 0.4) is 0 Å². The minimum Gasteiger partial charge on any atom is -0.508 e. The Morgan fingerprint density at radius 3 is 2.77 bits per heavy atom. The van der Waals surface area contributed by atoms with Gasteiger partial charge in [0.2, 0.25) is 6.79 Å². The van der Waals surface area contributed by atoms with Crippen LogP contribution in [0.4, 0.5) is 0 Å². The highest BCUT2D eigenvalue weighted by Crippen LogP contribution is 2.44. The smallest absolute Gasteiger partial charge is 0.306 e. The zero-order valence-electron chi connectivity index (χ0n) is 14.1. The number of esters is 1. The van der Waals surface area contributed by atoms with Crippen molar-refractivity contribution in [1.29, 1.82) is 0 Å². The molecule has 2 aromatic carbocycles. The number of aromatic hydroxyl groups is 1. The number of nitrogens with zero attached hydrogens (tertiary/aromatic N) is 1. The largest absolute Gasteiger partial charge is 0.508 e. The Bertz CT molecular complexity index is 980. The molecular formula is C20H17NO5. The molecule has 0 bridgehead atoms. The van der Waals surface area contributed by atoms with E-state index in [1.54, 1.807) is 12.3 Å². The number of rotatable bonds is 4. The van der Waals surface area contributed by atoms with E-state index in [0.717, 1.165) is 16.5 Å². The highest BCUT2D eigenvalue weighted by molar-refractivity contribution is 5.84. The fraction of sp³-hybridized carbons (Fsp3) is 0.200. The van der Waals surface area contributed by atoms with Crippen molar-refractivity contribution < 1.29 is 24.1 Å². The summed E-state index contributed by atoms with van der Waals surface area (Å²) in [4.78, 5) is 16.4. The van der Waals surface area contributed by atoms with Crippen molar-refractivity contribution in [2.45, 2.75) is 12.3 Å². The molecule has 0 fully saturated rings. The Balaban J connectivity index is 1.89. The molecule has 0 saturated carbocycles. The topological polar surface area (TPSA) is 77.9 Å². The van der Waals surface area contributed by atoms with Crippen molar-refractivity contribution in [1.82, 2.24) is 4.98 Å². The number of phenolic OH excluding ortho intramolecular Hbond substituents is 1. The number of phenols is 1. The van der Waals surface area contributed by atoms with E-state index in [9.17, 15) is 9.90 Å². The van der Waals surface area contributed by atoms with Gasteiger partial charge in [0.25, 0.3) is 0 Å². The monoisotopic (exact) mass is 351 g/mol. The van der Waals surface area contributed by atoms with Gasteiger partial charge >= 0.3 is 5.97 Å². The average molecular weight is 351 g/mol. The summed E-state index contributed by atoms with van der Waals surface area (Å²) in [5.74, 6) is 0.301. The summed E-state index contributed by atoms with van der Waals surface area (Å²) in [5.41, 5.74) is 2.28. The molecule has 0 spiro atoms. The van der Waals surface area contributed by atoms with Gasteiger partial charge in [-0.05, 0) is 23.8 Å². The second-order valence-electron chi connectivity index (χ2n) is 6.01. The molecule has 0 unspecified atom stereocenters. The number of methoxy groups -OCH3 is 1. The summed E-state index contributed by atoms with van der Waals surface area (Å²) in [7, 11) is 1.35. The van der Waals surface area contributed by atoms with Gasteiger partial charge in [-0.3, -0.25) is 9.78 Å². The highest BCUT2D eigenvalue weighted by Gasteiger charge is 2.27. The third-order valence-electron chi connectivity index (χ3n) is 4.55. The Hall–Kier alpha value is -3.28. The molecule has 0 saturated heterocycles. The number of fused-ring (bicyclic) bond motifs is 2. The molecule has 26 heavy (non-hydrogen) atoms. The summed E-state index contributed by atoms with van der Waals surface area (Å²) in [5, 5.41) is 11.5. The lowest BCUT2D eigenvalue weighted by Crippen LogP contribution is -2.11. The molecule has 6 nitrogen and oxygen atoms in total. The molecule has 1 atom stereocenters. The van der Waals surface area contributed by atoms with E-state index in [4.69, 9.17) is 14.2 Å². The van der Waals surface area contributed by atoms with Gasteiger partial charge in [0.05, 0.1) is 19.0 Å². The summed E-state index contributed by atoms with van der Waals surface area (Å²) >= 11 is 0. The first-order valence-electron chi connectivity index (χ1n) is 8.20. The maximum Gasteiger partial charge on any atom is 0.306 e. The molecular weight excluding hydrogens is 334 g/mol. The molecule has 1 aromatic heterocycles. The molecule has 2 heterocycles. The van der Waals surface area contributed by atoms with Crippen LogP contribution in [0.5, 0.6) is 17.2 Å². The van der Waals surface area contributed by atoms with Crippen molar-refractivity contribution in [2.24, 2.45) is 0 Å². The van der Waals surface area contributed by atoms with E-state index >= 15 is 0 Å². The Morgan fingerprint density at radius 2 is 1.96 bits per heavy atom. The zero-order valence-corrected chi connectivity index (χ0v) is 14.1. The van der Waals surface area contributed by atoms with E-state index in [0.29, 0.717) is 17.1 Å². The van der Waals surface area contributed by atoms with Crippen molar-refractivity contribution in [3.63, 3.8) is 0 Å². The lowest BCUT2D eigenvalue weighted by molar-refractivity contribution is -0.140. The number of pyridine rings is 1. The number of carbonyl (C=O) groups is 1. The van der Waals surface area contributed by atoms with E-state index in [2.05, 4.69) is 4.98 Å². The van der Waals surface area contributed by atoms with Gasteiger partial charge < -0.3 is 19.3 Å². The second-order valence-corrected chi connectivity index (χ2v) is 6.01. The Morgan fingerprint density at radius 1 is 1.19 bits per heavy atom. The molecule has 0 amide bonds. The van der Waals surface area contributed by atoms with Gasteiger partial charge in [-0.1, -0.05) is 18.2 Å². The summed E-state index contributed by atoms with van der Waals surface area (Å²) < 4.78 is 15.6. The first-order valence-corrected chi connectivity index (χ1v) is 8.20. The fourth-order valence-corrected chi connectivity index (χ4v) is 3.29. The van der Waals surface area contributed by atoms with Crippen LogP contribution in [0.2, 0.25) is 0 Å². The SMILES string of the molecule is COC(=O)C[C@H](c1cc2c(cc1O)OCO2)c1ccnc2ccccc12. The predicted octanol–water partition coefficient (Wildman–Crippen LogP) is 3.36. The van der Waals surface area contributed by atoms with Crippen LogP contribution in [0.1, 0.15) is 23.5 Å². The minimum absolute atomic E-state index is 0.0454. The number of aromatic nitrogens is 1. The molecule has 3 aromatic rings. The van der Waals surface area contributed by atoms with Crippen molar-refractivity contribution in [2.75, 3.05) is 13.9 Å². The summed E-state index contributed by atoms with van der Waals surface area (Å²) in [6, 6.07) is 12.8. The molecule has 0 aliphatic carbocycles. The van der Waals surface area contributed by atoms with E-state index in [-0.39, 0.29) is 24.9 Å². The van der Waals surface area contributed by atoms with Gasteiger partial charge in [-0.25, -0.2) is 0 Å². The van der Waals surface area contributed by atoms with Crippen LogP contribution >= 0.6 is 0 Å². The molecule has 1 aliphatic heterocycles. The lowest BCUT2D eigenvalue weighted by atomic mass is 9.86. The quantitative estimate of drug-likeness (QED) is 0.726. The first-order chi connectivity index (χ1) is 12.7. The van der Waals surface area contributed by atoms with Crippen LogP contribution in [0, 0.1) is 0 Å². The number of hydrogen-bond donors (Lipinski definition) is 1. The van der Waals surface area contributed by atoms with Gasteiger partial charge in [-0.2, -0.15) is 0 Å². The third kappa shape index (κ3) is 2.79. The fourth-order valence-electron chi connectivity index (χ4n) is 3.29. The molecule has 0 radical (unpaired) electrons. The van der Waals surface area contributed by atoms with Crippen LogP contribution in [-0.2, 0) is 9.53 Å². The molecule has 4 rings (SSSR count). The molecule has 1 aliphatic rings. The average Bonchev–Trinajstić information content (AvgIpc) is 3.12. The molecule has 132 valence electrons. The van der Waals surface area contributed by atoms with Crippen molar-refractivity contribution in [3.8, 4) is 17.2 Å². The third-order valence-corrected chi connectivity index (χ3v) is 4.55. The van der Waals surface area contributed by atoms with Gasteiger partial charge in [0, 0.05) is 29.1 Å². The van der Waals surface area contributed by atoms with Gasteiger partial charge in [0.15, 0.2) is 11.5 Å². The zero-order chi connectivity index (χ0) is 18.1. The maximum atomic E-state index is 12.1. The standard InChI is InChI=1S/C20H17NO5/c1-24-20(23)9-14(12-6-7-21-16-5-3-2-4-13(12)16)15-8-18-19(10-17(15)22)26-11-25-18/h2-8,10,14,22H,9,11H2,1H3/t14-/m0/s1. The second kappa shape index (κ2) is 6.55. The minimum atomic E-state index is -0.412. The van der Waals surface area contributed by atoms with Crippen LogP contribution < -0.4 is 9.47 Å². The van der Waals surface area contributed by atoms with Crippen LogP contribution in [-0.4, -0.2) is 30.0 Å². The van der Waals surface area contributed by atoms with Crippen LogP contribution in [0.25, 0.3) is 10.9 Å². The maximum absolute atomic E-state index is 12.1. The van der Waals surface area contributed by atoms with Crippen molar-refractivity contribution in [3.05, 3.63) is 59.8 Å². The van der Waals surface area contributed by atoms with Crippen LogP contribution in [0.15, 0.2) is 48.7 Å². The lowest BCUT2D eigenvalue weighted by Gasteiger charge is -2.20. The van der Waals surface area contributed by atoms with E-state index in [1.165, 1.54) is 13.2 Å². The number of benzene rings is 2. The first kappa shape index (κ1) is 16.2. The van der Waals surface area contributed by atoms with Gasteiger partial charge in [0.1, 0.15) is 5.75 Å². The van der Waals surface area contributed by atoms with E-state index in [1.807, 2.05) is 30.3 Å². The normalized spacial score (nSPS) is 13.6.